The van der Waals surface area contributed by atoms with Crippen LogP contribution in [0.3, 0.4) is 0 Å². The molecule has 0 spiro atoms. The predicted octanol–water partition coefficient (Wildman–Crippen LogP) is 3.88. The van der Waals surface area contributed by atoms with Crippen molar-refractivity contribution >= 4 is 0 Å². The molecule has 2 nitrogen and oxygen atoms in total. The van der Waals surface area contributed by atoms with Crippen molar-refractivity contribution in [2.45, 2.75) is 20.8 Å². The zero-order chi connectivity index (χ0) is 14.1. The van der Waals surface area contributed by atoms with Gasteiger partial charge < -0.3 is 9.47 Å². The minimum Gasteiger partial charge on any atom is -0.493 e. The molecule has 0 aliphatic rings. The van der Waals surface area contributed by atoms with Crippen LogP contribution in [0.4, 0.5) is 0 Å². The van der Waals surface area contributed by atoms with Crippen LogP contribution in [0, 0.1) is 32.9 Å². The van der Waals surface area contributed by atoms with E-state index < -0.39 is 0 Å². The summed E-state index contributed by atoms with van der Waals surface area (Å²) >= 11 is 0. The van der Waals surface area contributed by atoms with E-state index >= 15 is 0 Å². The molecule has 0 atom stereocenters. The van der Waals surface area contributed by atoms with E-state index in [4.69, 9.17) is 9.47 Å². The summed E-state index contributed by atoms with van der Waals surface area (Å²) in [6.07, 6.45) is 0. The molecule has 0 bridgehead atoms. The molecule has 2 aromatic carbocycles. The van der Waals surface area contributed by atoms with E-state index in [0.29, 0.717) is 6.79 Å². The molecule has 0 unspecified atom stereocenters. The molecule has 0 saturated carbocycles. The summed E-state index contributed by atoms with van der Waals surface area (Å²) in [6, 6.07) is 17.5. The minimum atomic E-state index is 0. The number of benzene rings is 2. The van der Waals surface area contributed by atoms with E-state index in [1.807, 2.05) is 37.3 Å². The second-order valence-electron chi connectivity index (χ2n) is 4.25. The van der Waals surface area contributed by atoms with Crippen molar-refractivity contribution in [1.82, 2.24) is 0 Å². The maximum absolute atomic E-state index is 5.24. The molecule has 2 rings (SSSR count). The van der Waals surface area contributed by atoms with Gasteiger partial charge in [-0.05, 0) is 0 Å². The molecule has 105 valence electrons. The fourth-order valence-corrected chi connectivity index (χ4v) is 1.38. The fraction of sp³-hybridized carbons (Fsp3) is 0.294. The van der Waals surface area contributed by atoms with Crippen molar-refractivity contribution in [3.63, 3.8) is 0 Å². The van der Waals surface area contributed by atoms with Gasteiger partial charge in [-0.15, -0.1) is 11.6 Å². The average Bonchev–Trinajstić information content (AvgIpc) is 2.42. The van der Waals surface area contributed by atoms with Crippen LogP contribution >= 0.6 is 0 Å². The van der Waals surface area contributed by atoms with Crippen molar-refractivity contribution in [1.29, 1.82) is 0 Å². The third-order valence-corrected chi connectivity index (χ3v) is 2.70. The molecule has 0 heterocycles. The van der Waals surface area contributed by atoms with Crippen molar-refractivity contribution in [2.75, 3.05) is 13.9 Å². The molecule has 2 aromatic rings. The molecule has 0 aliphatic carbocycles. The van der Waals surface area contributed by atoms with E-state index in [9.17, 15) is 0 Å². The maximum atomic E-state index is 5.24. The Morgan fingerprint density at radius 2 is 1.50 bits per heavy atom. The van der Waals surface area contributed by atoms with Gasteiger partial charge in [0.1, 0.15) is 0 Å². The summed E-state index contributed by atoms with van der Waals surface area (Å²) in [5.74, 6) is 0.852. The topological polar surface area (TPSA) is 18.5 Å². The number of rotatable bonds is 3. The number of aryl methyl sites for hydroxylation is 3. The van der Waals surface area contributed by atoms with E-state index in [1.165, 1.54) is 11.1 Å². The number of hydrogen-bond acceptors (Lipinski definition) is 2. The first-order valence-corrected chi connectivity index (χ1v) is 6.17. The SMILES string of the molecule is COCOc1cc[c-]cc1C.Cc1c[c-]ccc1C.[Y]. The van der Waals surface area contributed by atoms with Gasteiger partial charge >= 0.3 is 0 Å². The van der Waals surface area contributed by atoms with Gasteiger partial charge in [-0.2, -0.15) is 53.6 Å². The van der Waals surface area contributed by atoms with Gasteiger partial charge in [0.05, 0.1) is 0 Å². The number of methoxy groups -OCH3 is 1. The third-order valence-electron chi connectivity index (χ3n) is 2.70. The van der Waals surface area contributed by atoms with Gasteiger partial charge in [0.2, 0.25) is 0 Å². The number of hydrogen-bond donors (Lipinski definition) is 0. The molecular formula is C17H20O2Y-2. The van der Waals surface area contributed by atoms with Crippen LogP contribution in [0.2, 0.25) is 0 Å². The summed E-state index contributed by atoms with van der Waals surface area (Å²) in [6.45, 7) is 6.46. The zero-order valence-corrected chi connectivity index (χ0v) is 15.4. The predicted molar refractivity (Wildman–Crippen MR) is 77.3 cm³/mol. The van der Waals surface area contributed by atoms with Crippen molar-refractivity contribution in [2.24, 2.45) is 0 Å². The first-order chi connectivity index (χ1) is 9.15. The Labute approximate surface area is 147 Å². The minimum absolute atomic E-state index is 0. The van der Waals surface area contributed by atoms with Crippen LogP contribution < -0.4 is 4.74 Å². The second kappa shape index (κ2) is 11.0. The quantitative estimate of drug-likeness (QED) is 0.621. The van der Waals surface area contributed by atoms with Crippen LogP contribution in [0.5, 0.6) is 5.75 Å². The van der Waals surface area contributed by atoms with E-state index in [-0.39, 0.29) is 32.7 Å². The molecule has 0 aromatic heterocycles. The molecule has 0 aliphatic heterocycles. The Kier molecular flexibility index (Phi) is 10.6. The molecular weight excluding hydrogens is 325 g/mol. The van der Waals surface area contributed by atoms with Crippen LogP contribution in [-0.4, -0.2) is 13.9 Å². The summed E-state index contributed by atoms with van der Waals surface area (Å²) in [5.41, 5.74) is 3.72. The van der Waals surface area contributed by atoms with Gasteiger partial charge in [-0.1, -0.05) is 20.8 Å². The monoisotopic (exact) mass is 345 g/mol. The summed E-state index contributed by atoms with van der Waals surface area (Å²) in [7, 11) is 1.60. The summed E-state index contributed by atoms with van der Waals surface area (Å²) in [5, 5.41) is 0. The van der Waals surface area contributed by atoms with Crippen LogP contribution in [0.15, 0.2) is 36.4 Å². The van der Waals surface area contributed by atoms with Crippen molar-refractivity contribution < 1.29 is 42.2 Å². The Morgan fingerprint density at radius 1 is 0.900 bits per heavy atom. The summed E-state index contributed by atoms with van der Waals surface area (Å²) < 4.78 is 10.0. The van der Waals surface area contributed by atoms with E-state index in [2.05, 4.69) is 32.0 Å². The smallest absolute Gasteiger partial charge is 0.185 e. The third kappa shape index (κ3) is 7.18. The first kappa shape index (κ1) is 19.3. The summed E-state index contributed by atoms with van der Waals surface area (Å²) in [4.78, 5) is 0. The van der Waals surface area contributed by atoms with E-state index in [1.54, 1.807) is 7.11 Å². The van der Waals surface area contributed by atoms with E-state index in [0.717, 1.165) is 11.3 Å². The maximum Gasteiger partial charge on any atom is 0.185 e. The molecule has 1 radical (unpaired) electrons. The van der Waals surface area contributed by atoms with Crippen LogP contribution in [-0.2, 0) is 37.4 Å². The first-order valence-electron chi connectivity index (χ1n) is 6.17. The van der Waals surface area contributed by atoms with Gasteiger partial charge in [0, 0.05) is 45.6 Å². The van der Waals surface area contributed by atoms with Gasteiger partial charge in [-0.3, -0.25) is 0 Å². The molecule has 0 saturated heterocycles. The Balaban J connectivity index is 0.000000359. The zero-order valence-electron chi connectivity index (χ0n) is 12.6. The normalized spacial score (nSPS) is 9.00. The Hall–Kier alpha value is -0.696. The number of ether oxygens (including phenoxy) is 2. The Morgan fingerprint density at radius 3 is 1.95 bits per heavy atom. The fourth-order valence-electron chi connectivity index (χ4n) is 1.38. The molecule has 0 fully saturated rings. The average molecular weight is 345 g/mol. The van der Waals surface area contributed by atoms with Gasteiger partial charge in [0.25, 0.3) is 0 Å². The molecule has 20 heavy (non-hydrogen) atoms. The van der Waals surface area contributed by atoms with Gasteiger partial charge in [-0.25, -0.2) is 0 Å². The second-order valence-corrected chi connectivity index (χ2v) is 4.25. The molecule has 0 amide bonds. The van der Waals surface area contributed by atoms with Crippen LogP contribution in [0.1, 0.15) is 16.7 Å². The van der Waals surface area contributed by atoms with Gasteiger partial charge in [0.15, 0.2) is 6.79 Å². The van der Waals surface area contributed by atoms with Crippen LogP contribution in [0.25, 0.3) is 0 Å². The largest absolute Gasteiger partial charge is 0.493 e. The molecule has 3 heteroatoms. The molecule has 0 N–H and O–H groups in total. The Bertz CT molecular complexity index is 477. The van der Waals surface area contributed by atoms with Crippen molar-refractivity contribution in [3.05, 3.63) is 65.2 Å². The van der Waals surface area contributed by atoms with Crippen molar-refractivity contribution in [3.8, 4) is 5.75 Å². The standard InChI is InChI=1S/C9H11O2.C8H9.Y/c1-8-5-3-4-6-9(8)11-7-10-2;1-7-5-3-4-6-8(7)2;/h4-6H,7H2,1-2H3;3,5-6H,1-2H3;/q2*-1;.